The lowest BCUT2D eigenvalue weighted by Crippen LogP contribution is -2.60. The van der Waals surface area contributed by atoms with Crippen molar-refractivity contribution in [3.8, 4) is 34.3 Å². The number of aliphatic hydroxyl groups excluding tert-OH is 4. The molecule has 11 heteroatoms. The highest BCUT2D eigenvalue weighted by Crippen LogP contribution is 2.36. The van der Waals surface area contributed by atoms with Gasteiger partial charge in [-0.15, -0.1) is 0 Å². The van der Waals surface area contributed by atoms with E-state index in [9.17, 15) is 25.2 Å². The molecule has 0 spiro atoms. The lowest BCUT2D eigenvalue weighted by atomic mass is 9.99. The molecule has 1 aliphatic rings. The first-order chi connectivity index (χ1) is 16.8. The van der Waals surface area contributed by atoms with E-state index in [4.69, 9.17) is 28.1 Å². The molecule has 1 aliphatic heterocycles. The van der Waals surface area contributed by atoms with Crippen molar-refractivity contribution in [1.29, 1.82) is 0 Å². The van der Waals surface area contributed by atoms with E-state index in [1.807, 2.05) is 0 Å². The Hall–Kier alpha value is -3.35. The van der Waals surface area contributed by atoms with Gasteiger partial charge in [0.25, 0.3) is 0 Å². The molecule has 0 radical (unpaired) electrons. The summed E-state index contributed by atoms with van der Waals surface area (Å²) >= 11 is 0. The molecule has 0 saturated carbocycles. The lowest BCUT2D eigenvalue weighted by Gasteiger charge is -2.39. The summed E-state index contributed by atoms with van der Waals surface area (Å²) in [5.74, 6) is 1.44. The maximum Gasteiger partial charge on any atom is 0.229 e. The molecular weight excluding hydrogens is 464 g/mol. The predicted molar refractivity (Wildman–Crippen MR) is 122 cm³/mol. The van der Waals surface area contributed by atoms with Crippen LogP contribution in [0.1, 0.15) is 0 Å². The van der Waals surface area contributed by atoms with E-state index in [1.54, 1.807) is 18.2 Å². The number of hydrogen-bond donors (Lipinski definition) is 4. The van der Waals surface area contributed by atoms with E-state index < -0.39 is 42.7 Å². The van der Waals surface area contributed by atoms with Crippen LogP contribution in [-0.2, 0) is 4.74 Å². The van der Waals surface area contributed by atoms with Crippen LogP contribution in [0, 0.1) is 0 Å². The molecule has 0 aliphatic carbocycles. The van der Waals surface area contributed by atoms with Gasteiger partial charge in [-0.05, 0) is 18.2 Å². The third-order valence-corrected chi connectivity index (χ3v) is 5.76. The molecule has 2 aromatic carbocycles. The highest BCUT2D eigenvalue weighted by molar-refractivity contribution is 5.86. The number of rotatable bonds is 7. The van der Waals surface area contributed by atoms with Gasteiger partial charge < -0.3 is 48.5 Å². The minimum absolute atomic E-state index is 0.0342. The SMILES string of the molecule is COc1cc(O[C@@H]2OC(CO)[C@@H](O)[C@H](O)C2O)c2c(=O)cc(-c3ccc(OC)c(OC)c3)oc2c1. The van der Waals surface area contributed by atoms with Gasteiger partial charge >= 0.3 is 0 Å². The van der Waals surface area contributed by atoms with Crippen LogP contribution in [0.25, 0.3) is 22.3 Å². The second kappa shape index (κ2) is 10.1. The number of fused-ring (bicyclic) bond motifs is 1. The quantitative estimate of drug-likeness (QED) is 0.369. The zero-order valence-electron chi connectivity index (χ0n) is 19.2. The van der Waals surface area contributed by atoms with Crippen molar-refractivity contribution >= 4 is 11.0 Å². The Bertz CT molecular complexity index is 1250. The Morgan fingerprint density at radius 1 is 0.857 bits per heavy atom. The van der Waals surface area contributed by atoms with E-state index in [0.717, 1.165) is 0 Å². The van der Waals surface area contributed by atoms with Gasteiger partial charge in [-0.25, -0.2) is 0 Å². The third kappa shape index (κ3) is 4.64. The third-order valence-electron chi connectivity index (χ3n) is 5.76. The molecule has 2 unspecified atom stereocenters. The van der Waals surface area contributed by atoms with E-state index in [1.165, 1.54) is 39.5 Å². The van der Waals surface area contributed by atoms with Gasteiger partial charge in [-0.2, -0.15) is 0 Å². The lowest BCUT2D eigenvalue weighted by molar-refractivity contribution is -0.277. The molecule has 188 valence electrons. The van der Waals surface area contributed by atoms with E-state index in [0.29, 0.717) is 17.1 Å². The summed E-state index contributed by atoms with van der Waals surface area (Å²) in [6.45, 7) is -0.625. The van der Waals surface area contributed by atoms with Crippen molar-refractivity contribution in [2.75, 3.05) is 27.9 Å². The molecule has 4 N–H and O–H groups in total. The summed E-state index contributed by atoms with van der Waals surface area (Å²) in [5.41, 5.74) is 0.223. The molecule has 0 amide bonds. The van der Waals surface area contributed by atoms with E-state index in [-0.39, 0.29) is 28.2 Å². The molecule has 4 rings (SSSR count). The zero-order chi connectivity index (χ0) is 25.3. The number of ether oxygens (including phenoxy) is 5. The number of benzene rings is 2. The minimum Gasteiger partial charge on any atom is -0.496 e. The van der Waals surface area contributed by atoms with E-state index in [2.05, 4.69) is 0 Å². The van der Waals surface area contributed by atoms with Crippen LogP contribution in [0.2, 0.25) is 0 Å². The van der Waals surface area contributed by atoms with Gasteiger partial charge in [0.15, 0.2) is 16.9 Å². The summed E-state index contributed by atoms with van der Waals surface area (Å²) < 4.78 is 33.0. The summed E-state index contributed by atoms with van der Waals surface area (Å²) in [6, 6.07) is 9.22. The monoisotopic (exact) mass is 490 g/mol. The molecule has 11 nitrogen and oxygen atoms in total. The zero-order valence-corrected chi connectivity index (χ0v) is 19.2. The Morgan fingerprint density at radius 2 is 1.60 bits per heavy atom. The molecule has 1 aromatic heterocycles. The van der Waals surface area contributed by atoms with Crippen molar-refractivity contribution < 1.29 is 48.5 Å². The van der Waals surface area contributed by atoms with Gasteiger partial charge in [0.05, 0.1) is 27.9 Å². The fourth-order valence-electron chi connectivity index (χ4n) is 3.86. The fraction of sp³-hybridized carbons (Fsp3) is 0.375. The summed E-state index contributed by atoms with van der Waals surface area (Å²) in [4.78, 5) is 13.2. The second-order valence-corrected chi connectivity index (χ2v) is 7.86. The second-order valence-electron chi connectivity index (χ2n) is 7.86. The largest absolute Gasteiger partial charge is 0.496 e. The number of hydrogen-bond acceptors (Lipinski definition) is 11. The molecular formula is C24H26O11. The first-order valence-electron chi connectivity index (χ1n) is 10.7. The van der Waals surface area contributed by atoms with Gasteiger partial charge in [0.1, 0.15) is 52.6 Å². The first-order valence-corrected chi connectivity index (χ1v) is 10.7. The van der Waals surface area contributed by atoms with Crippen molar-refractivity contribution in [3.63, 3.8) is 0 Å². The predicted octanol–water partition coefficient (Wildman–Crippen LogP) is 0.664. The van der Waals surface area contributed by atoms with Crippen molar-refractivity contribution in [2.45, 2.75) is 30.7 Å². The fourth-order valence-corrected chi connectivity index (χ4v) is 3.86. The minimum atomic E-state index is -1.66. The van der Waals surface area contributed by atoms with Gasteiger partial charge in [-0.1, -0.05) is 0 Å². The smallest absolute Gasteiger partial charge is 0.229 e. The Labute approximate surface area is 199 Å². The number of aliphatic hydroxyl groups is 4. The van der Waals surface area contributed by atoms with Gasteiger partial charge in [-0.3, -0.25) is 4.79 Å². The van der Waals surface area contributed by atoms with Crippen LogP contribution in [-0.4, -0.2) is 79.1 Å². The molecule has 1 fully saturated rings. The average Bonchev–Trinajstić information content (AvgIpc) is 2.87. The topological polar surface area (TPSA) is 157 Å². The van der Waals surface area contributed by atoms with Gasteiger partial charge in [0, 0.05) is 23.8 Å². The molecule has 5 atom stereocenters. The maximum absolute atomic E-state index is 13.2. The molecule has 2 heterocycles. The molecule has 1 saturated heterocycles. The maximum atomic E-state index is 13.2. The summed E-state index contributed by atoms with van der Waals surface area (Å²) in [7, 11) is 4.41. The molecule has 3 aromatic rings. The van der Waals surface area contributed by atoms with Crippen LogP contribution in [0.4, 0.5) is 0 Å². The summed E-state index contributed by atoms with van der Waals surface area (Å²) in [5, 5.41) is 39.9. The van der Waals surface area contributed by atoms with Crippen molar-refractivity contribution in [2.24, 2.45) is 0 Å². The van der Waals surface area contributed by atoms with Crippen molar-refractivity contribution in [3.05, 3.63) is 46.6 Å². The average molecular weight is 490 g/mol. The van der Waals surface area contributed by atoms with Gasteiger partial charge in [0.2, 0.25) is 6.29 Å². The standard InChI is InChI=1S/C24H26O11/c1-30-12-7-17-20(18(8-12)34-24-23(29)22(28)21(27)19(10-25)35-24)13(26)9-15(33-17)11-4-5-14(31-2)16(6-11)32-3/h4-9,19,21-25,27-29H,10H2,1-3H3/t19?,21-,22+,23?,24-/m1/s1. The van der Waals surface area contributed by atoms with Crippen LogP contribution < -0.4 is 24.4 Å². The Morgan fingerprint density at radius 3 is 2.26 bits per heavy atom. The molecule has 35 heavy (non-hydrogen) atoms. The Balaban J connectivity index is 1.78. The Kier molecular flexibility index (Phi) is 7.15. The van der Waals surface area contributed by atoms with Crippen molar-refractivity contribution in [1.82, 2.24) is 0 Å². The summed E-state index contributed by atoms with van der Waals surface area (Å²) in [6.07, 6.45) is -7.52. The van der Waals surface area contributed by atoms with Crippen LogP contribution in [0.3, 0.4) is 0 Å². The first kappa shape index (κ1) is 24.8. The highest BCUT2D eigenvalue weighted by atomic mass is 16.7. The highest BCUT2D eigenvalue weighted by Gasteiger charge is 2.45. The van der Waals surface area contributed by atoms with Crippen LogP contribution in [0.5, 0.6) is 23.0 Å². The van der Waals surface area contributed by atoms with E-state index >= 15 is 0 Å². The van der Waals surface area contributed by atoms with Crippen LogP contribution in [0.15, 0.2) is 45.6 Å². The molecule has 0 bridgehead atoms. The van der Waals surface area contributed by atoms with Crippen LogP contribution >= 0.6 is 0 Å². The normalized spacial score (nSPS) is 24.3. The number of methoxy groups -OCH3 is 3.